The third-order valence-electron chi connectivity index (χ3n) is 4.07. The third-order valence-corrected chi connectivity index (χ3v) is 5.78. The lowest BCUT2D eigenvalue weighted by Crippen LogP contribution is -2.47. The van der Waals surface area contributed by atoms with E-state index < -0.39 is 9.24 Å². The highest BCUT2D eigenvalue weighted by molar-refractivity contribution is 14.1. The number of benzene rings is 2. The summed E-state index contributed by atoms with van der Waals surface area (Å²) < 4.78 is 12.2. The largest absolute Gasteiger partial charge is 0.350 e. The molecule has 1 heterocycles. The predicted octanol–water partition coefficient (Wildman–Crippen LogP) is 3.71. The molecule has 0 saturated carbocycles. The van der Waals surface area contributed by atoms with E-state index in [4.69, 9.17) is 11.6 Å². The fourth-order valence-electron chi connectivity index (χ4n) is 2.79. The lowest BCUT2D eigenvalue weighted by atomic mass is 10.1. The number of nitrogens with one attached hydrogen (secondary N) is 1. The first-order valence-corrected chi connectivity index (χ1v) is 9.15. The molecule has 3 rings (SSSR count). The van der Waals surface area contributed by atoms with Crippen LogP contribution in [0.5, 0.6) is 0 Å². The number of anilines is 1. The van der Waals surface area contributed by atoms with Crippen molar-refractivity contribution in [1.29, 1.82) is 0 Å². The molecule has 1 saturated heterocycles. The maximum absolute atomic E-state index is 13.4. The number of nitrogens with zero attached hydrogens (tertiary/aromatic N) is 1. The van der Waals surface area contributed by atoms with Crippen molar-refractivity contribution >= 4 is 51.7 Å². The Morgan fingerprint density at radius 2 is 2.00 bits per heavy atom. The van der Waals surface area contributed by atoms with Crippen LogP contribution in [0.4, 0.5) is 10.1 Å². The maximum atomic E-state index is 13.4. The van der Waals surface area contributed by atoms with Gasteiger partial charge in [0.05, 0.1) is 0 Å². The minimum atomic E-state index is -1.16. The molecule has 2 amide bonds. The normalized spacial score (nSPS) is 20.0. The minimum Gasteiger partial charge on any atom is -0.350 e. The van der Waals surface area contributed by atoms with Gasteiger partial charge in [0.2, 0.25) is 5.91 Å². The lowest BCUT2D eigenvalue weighted by Gasteiger charge is -2.21. The molecule has 1 aliphatic heterocycles. The van der Waals surface area contributed by atoms with Crippen LogP contribution in [0.1, 0.15) is 12.0 Å². The van der Waals surface area contributed by atoms with E-state index in [-0.39, 0.29) is 23.4 Å². The molecule has 1 aliphatic rings. The van der Waals surface area contributed by atoms with Crippen LogP contribution in [0, 0.1) is 5.82 Å². The van der Waals surface area contributed by atoms with Crippen LogP contribution in [0.25, 0.3) is 0 Å². The molecule has 0 spiro atoms. The zero-order valence-corrected chi connectivity index (χ0v) is 16.1. The van der Waals surface area contributed by atoms with Gasteiger partial charge in [0.25, 0.3) is 5.91 Å². The lowest BCUT2D eigenvalue weighted by molar-refractivity contribution is -0.129. The van der Waals surface area contributed by atoms with Crippen molar-refractivity contribution in [2.24, 2.45) is 0 Å². The average Bonchev–Trinajstić information content (AvgIpc) is 2.89. The third kappa shape index (κ3) is 3.79. The molecule has 7 heteroatoms. The van der Waals surface area contributed by atoms with Gasteiger partial charge in [-0.05, 0) is 42.3 Å². The smallest absolute Gasteiger partial charge is 0.252 e. The summed E-state index contributed by atoms with van der Waals surface area (Å²) in [6, 6.07) is 13.3. The number of rotatable bonds is 4. The summed E-state index contributed by atoms with van der Waals surface area (Å²) in [6.45, 7) is 0.588. The summed E-state index contributed by atoms with van der Waals surface area (Å²) in [7, 11) is 0. The molecule has 0 bridgehead atoms. The van der Waals surface area contributed by atoms with E-state index in [0.29, 0.717) is 18.5 Å². The summed E-state index contributed by atoms with van der Waals surface area (Å²) >= 11 is 7.73. The van der Waals surface area contributed by atoms with Crippen molar-refractivity contribution in [2.45, 2.75) is 16.4 Å². The maximum Gasteiger partial charge on any atom is 0.252 e. The van der Waals surface area contributed by atoms with Gasteiger partial charge in [0, 0.05) is 23.8 Å². The molecular formula is C18H15ClFIN2O2. The second kappa shape index (κ2) is 7.29. The predicted molar refractivity (Wildman–Crippen MR) is 103 cm³/mol. The van der Waals surface area contributed by atoms with Gasteiger partial charge in [-0.25, -0.2) is 4.39 Å². The molecule has 1 N–H and O–H groups in total. The second-order valence-electron chi connectivity index (χ2n) is 5.80. The number of carbonyl (C=O) groups is 2. The highest BCUT2D eigenvalue weighted by Crippen LogP contribution is 2.35. The Balaban J connectivity index is 1.70. The van der Waals surface area contributed by atoms with Gasteiger partial charge in [0.15, 0.2) is 3.42 Å². The number of amides is 2. The number of carbonyl (C=O) groups excluding carboxylic acids is 2. The van der Waals surface area contributed by atoms with Crippen LogP contribution in [-0.4, -0.2) is 21.8 Å². The summed E-state index contributed by atoms with van der Waals surface area (Å²) in [4.78, 5) is 27.0. The molecular weight excluding hydrogens is 458 g/mol. The van der Waals surface area contributed by atoms with Crippen molar-refractivity contribution in [2.75, 3.05) is 11.4 Å². The fraction of sp³-hybridized carbons (Fsp3) is 0.222. The molecule has 1 unspecified atom stereocenters. The summed E-state index contributed by atoms with van der Waals surface area (Å²) in [5, 5.41) is 2.98. The van der Waals surface area contributed by atoms with E-state index in [1.165, 1.54) is 12.1 Å². The Morgan fingerprint density at radius 3 is 2.68 bits per heavy atom. The first-order chi connectivity index (χ1) is 11.9. The summed E-state index contributed by atoms with van der Waals surface area (Å²) in [5.41, 5.74) is 1.32. The van der Waals surface area contributed by atoms with E-state index in [1.54, 1.807) is 11.0 Å². The van der Waals surface area contributed by atoms with Crippen molar-refractivity contribution in [3.8, 4) is 0 Å². The van der Waals surface area contributed by atoms with Crippen molar-refractivity contribution in [3.63, 3.8) is 0 Å². The SMILES string of the molecule is O=C(NCc1cc(F)cc(Cl)c1)C1(I)CCN(c2ccccc2)C1=O. The van der Waals surface area contributed by atoms with Gasteiger partial charge in [0.1, 0.15) is 5.82 Å². The number of hydrogen-bond acceptors (Lipinski definition) is 2. The van der Waals surface area contributed by atoms with E-state index in [1.807, 2.05) is 52.9 Å². The van der Waals surface area contributed by atoms with E-state index in [2.05, 4.69) is 5.32 Å². The Kier molecular flexibility index (Phi) is 5.29. The van der Waals surface area contributed by atoms with Crippen molar-refractivity contribution < 1.29 is 14.0 Å². The van der Waals surface area contributed by atoms with Crippen LogP contribution >= 0.6 is 34.2 Å². The molecule has 0 aliphatic carbocycles. The van der Waals surface area contributed by atoms with Gasteiger partial charge in [-0.2, -0.15) is 0 Å². The second-order valence-corrected chi connectivity index (χ2v) is 8.08. The molecule has 2 aromatic carbocycles. The molecule has 130 valence electrons. The molecule has 0 radical (unpaired) electrons. The highest BCUT2D eigenvalue weighted by atomic mass is 127. The van der Waals surface area contributed by atoms with Crippen molar-refractivity contribution in [3.05, 3.63) is 64.9 Å². The first-order valence-electron chi connectivity index (χ1n) is 7.69. The first kappa shape index (κ1) is 18.1. The van der Waals surface area contributed by atoms with Gasteiger partial charge >= 0.3 is 0 Å². The van der Waals surface area contributed by atoms with E-state index >= 15 is 0 Å². The van der Waals surface area contributed by atoms with E-state index in [0.717, 1.165) is 5.69 Å². The van der Waals surface area contributed by atoms with E-state index in [9.17, 15) is 14.0 Å². The van der Waals surface area contributed by atoms with Crippen LogP contribution in [0.15, 0.2) is 48.5 Å². The Bertz CT molecular complexity index is 798. The zero-order valence-electron chi connectivity index (χ0n) is 13.1. The van der Waals surface area contributed by atoms with Crippen LogP contribution in [0.3, 0.4) is 0 Å². The highest BCUT2D eigenvalue weighted by Gasteiger charge is 2.50. The Labute approximate surface area is 163 Å². The quantitative estimate of drug-likeness (QED) is 0.419. The topological polar surface area (TPSA) is 49.4 Å². The minimum absolute atomic E-state index is 0.111. The molecule has 4 nitrogen and oxygen atoms in total. The van der Waals surface area contributed by atoms with Crippen LogP contribution < -0.4 is 10.2 Å². The van der Waals surface area contributed by atoms with Gasteiger partial charge < -0.3 is 10.2 Å². The molecule has 0 aromatic heterocycles. The molecule has 2 aromatic rings. The van der Waals surface area contributed by atoms with Gasteiger partial charge in [-0.15, -0.1) is 0 Å². The fourth-order valence-corrected chi connectivity index (χ4v) is 3.76. The van der Waals surface area contributed by atoms with Gasteiger partial charge in [-0.1, -0.05) is 52.4 Å². The van der Waals surface area contributed by atoms with Gasteiger partial charge in [-0.3, -0.25) is 9.59 Å². The summed E-state index contributed by atoms with van der Waals surface area (Å²) in [5.74, 6) is -1.08. The number of halogens is 3. The molecule has 1 atom stereocenters. The monoisotopic (exact) mass is 472 g/mol. The van der Waals surface area contributed by atoms with Crippen LogP contribution in [-0.2, 0) is 16.1 Å². The number of alkyl halides is 1. The summed E-state index contributed by atoms with van der Waals surface area (Å²) in [6.07, 6.45) is 0.414. The molecule has 1 fully saturated rings. The Morgan fingerprint density at radius 1 is 1.28 bits per heavy atom. The zero-order chi connectivity index (χ0) is 18.0. The number of para-hydroxylation sites is 1. The number of hydrogen-bond donors (Lipinski definition) is 1. The van der Waals surface area contributed by atoms with Crippen LogP contribution in [0.2, 0.25) is 5.02 Å². The standard InChI is InChI=1S/C18H15ClFIN2O2/c19-13-8-12(9-14(20)10-13)11-22-16(24)18(21)6-7-23(17(18)25)15-4-2-1-3-5-15/h1-5,8-10H,6-7,11H2,(H,22,24). The van der Waals surface area contributed by atoms with Crippen molar-refractivity contribution in [1.82, 2.24) is 5.32 Å². The average molecular weight is 473 g/mol. The Hall–Kier alpha value is -1.67. The molecule has 25 heavy (non-hydrogen) atoms.